The van der Waals surface area contributed by atoms with Crippen molar-refractivity contribution >= 4 is 43.8 Å². The van der Waals surface area contributed by atoms with Crippen LogP contribution in [-0.4, -0.2) is 35.9 Å². The number of hydrogen-bond donors (Lipinski definition) is 0. The van der Waals surface area contributed by atoms with E-state index >= 15 is 0 Å². The molecule has 1 aromatic carbocycles. The fourth-order valence-electron chi connectivity index (χ4n) is 2.37. The lowest BCUT2D eigenvalue weighted by molar-refractivity contribution is 0.0551. The maximum absolute atomic E-state index is 12.1. The Morgan fingerprint density at radius 2 is 1.68 bits per heavy atom. The number of ether oxygens (including phenoxy) is 2. The first-order valence-electron chi connectivity index (χ1n) is 7.37. The van der Waals surface area contributed by atoms with Crippen molar-refractivity contribution in [2.45, 2.75) is 26.2 Å². The molecule has 0 saturated carbocycles. The smallest absolute Gasteiger partial charge is 0.359 e. The maximum Gasteiger partial charge on any atom is 0.359 e. The zero-order valence-electron chi connectivity index (χ0n) is 14.5. The van der Waals surface area contributed by atoms with Gasteiger partial charge in [0.1, 0.15) is 10.2 Å². The molecule has 8 heteroatoms. The molecule has 6 nitrogen and oxygen atoms in total. The van der Waals surface area contributed by atoms with E-state index in [1.54, 1.807) is 0 Å². The molecular formula is C17H18Br2N2O4. The zero-order valence-corrected chi connectivity index (χ0v) is 17.7. The first-order valence-corrected chi connectivity index (χ1v) is 8.96. The van der Waals surface area contributed by atoms with E-state index in [0.717, 1.165) is 15.7 Å². The van der Waals surface area contributed by atoms with E-state index in [9.17, 15) is 9.59 Å². The number of carbonyl (C=O) groups is 2. The normalized spacial score (nSPS) is 11.3. The van der Waals surface area contributed by atoms with Gasteiger partial charge in [-0.2, -0.15) is 5.10 Å². The standard InChI is InChI=1S/C17H18Br2N2O4/c1-17(2,3)10-8-9(18)6-7-11(10)21-14(19)12(15(22)24-4)13(20-21)16(23)25-5/h6-8H,1-5H3. The summed E-state index contributed by atoms with van der Waals surface area (Å²) in [6.07, 6.45) is 0. The van der Waals surface area contributed by atoms with E-state index in [1.165, 1.54) is 18.9 Å². The Hall–Kier alpha value is -1.67. The lowest BCUT2D eigenvalue weighted by Crippen LogP contribution is -2.16. The minimum absolute atomic E-state index is 0.0251. The van der Waals surface area contributed by atoms with Gasteiger partial charge < -0.3 is 9.47 Å². The number of nitrogens with zero attached hydrogens (tertiary/aromatic N) is 2. The fourth-order valence-corrected chi connectivity index (χ4v) is 3.35. The summed E-state index contributed by atoms with van der Waals surface area (Å²) in [6.45, 7) is 6.20. The molecule has 0 bridgehead atoms. The Morgan fingerprint density at radius 1 is 1.08 bits per heavy atom. The quantitative estimate of drug-likeness (QED) is 0.622. The van der Waals surface area contributed by atoms with Crippen molar-refractivity contribution in [3.8, 4) is 5.69 Å². The van der Waals surface area contributed by atoms with Gasteiger partial charge in [0.15, 0.2) is 5.69 Å². The highest BCUT2D eigenvalue weighted by Gasteiger charge is 2.30. The first kappa shape index (κ1) is 19.7. The first-order chi connectivity index (χ1) is 11.6. The number of hydrogen-bond acceptors (Lipinski definition) is 5. The number of halogens is 2. The van der Waals surface area contributed by atoms with Crippen molar-refractivity contribution in [1.82, 2.24) is 9.78 Å². The number of rotatable bonds is 3. The third-order valence-electron chi connectivity index (χ3n) is 3.59. The summed E-state index contributed by atoms with van der Waals surface area (Å²) in [5.41, 5.74) is 1.45. The van der Waals surface area contributed by atoms with Gasteiger partial charge in [0, 0.05) is 4.47 Å². The summed E-state index contributed by atoms with van der Waals surface area (Å²) < 4.78 is 12.3. The van der Waals surface area contributed by atoms with Crippen molar-refractivity contribution in [2.24, 2.45) is 0 Å². The Bertz CT molecular complexity index is 838. The third-order valence-corrected chi connectivity index (χ3v) is 4.82. The van der Waals surface area contributed by atoms with Gasteiger partial charge >= 0.3 is 11.9 Å². The lowest BCUT2D eigenvalue weighted by atomic mass is 9.86. The Kier molecular flexibility index (Phi) is 5.73. The highest BCUT2D eigenvalue weighted by Crippen LogP contribution is 2.34. The third kappa shape index (κ3) is 3.79. The van der Waals surface area contributed by atoms with Crippen LogP contribution in [0.4, 0.5) is 0 Å². The highest BCUT2D eigenvalue weighted by molar-refractivity contribution is 9.10. The molecule has 2 aromatic rings. The Morgan fingerprint density at radius 3 is 2.20 bits per heavy atom. The molecule has 0 spiro atoms. The van der Waals surface area contributed by atoms with Crippen molar-refractivity contribution in [2.75, 3.05) is 14.2 Å². The summed E-state index contributed by atoms with van der Waals surface area (Å²) in [4.78, 5) is 24.2. The summed E-state index contributed by atoms with van der Waals surface area (Å²) >= 11 is 6.86. The van der Waals surface area contributed by atoms with E-state index in [0.29, 0.717) is 4.60 Å². The van der Waals surface area contributed by atoms with Crippen molar-refractivity contribution in [1.29, 1.82) is 0 Å². The predicted molar refractivity (Wildman–Crippen MR) is 100 cm³/mol. The maximum atomic E-state index is 12.1. The minimum atomic E-state index is -0.714. The second kappa shape index (κ2) is 7.29. The fraction of sp³-hybridized carbons (Fsp3) is 0.353. The molecule has 25 heavy (non-hydrogen) atoms. The number of aromatic nitrogens is 2. The summed E-state index contributed by atoms with van der Waals surface area (Å²) in [5, 5.41) is 4.30. The van der Waals surface area contributed by atoms with Crippen LogP contribution in [0.3, 0.4) is 0 Å². The molecule has 0 aliphatic rings. The minimum Gasteiger partial charge on any atom is -0.465 e. The second-order valence-electron chi connectivity index (χ2n) is 6.32. The number of benzene rings is 1. The number of methoxy groups -OCH3 is 2. The highest BCUT2D eigenvalue weighted by atomic mass is 79.9. The average molecular weight is 474 g/mol. The van der Waals surface area contributed by atoms with Gasteiger partial charge in [0.2, 0.25) is 0 Å². The molecule has 134 valence electrons. The lowest BCUT2D eigenvalue weighted by Gasteiger charge is -2.23. The van der Waals surface area contributed by atoms with E-state index in [4.69, 9.17) is 9.47 Å². The molecule has 0 aliphatic heterocycles. The molecule has 0 radical (unpaired) electrons. The van der Waals surface area contributed by atoms with Gasteiger partial charge in [0.05, 0.1) is 19.9 Å². The molecular weight excluding hydrogens is 456 g/mol. The molecule has 0 fully saturated rings. The molecule has 0 amide bonds. The van der Waals surface area contributed by atoms with Crippen molar-refractivity contribution < 1.29 is 19.1 Å². The average Bonchev–Trinajstić information content (AvgIpc) is 2.90. The molecule has 1 heterocycles. The summed E-state index contributed by atoms with van der Waals surface area (Å²) in [6, 6.07) is 5.72. The summed E-state index contributed by atoms with van der Waals surface area (Å²) in [5.74, 6) is -1.39. The topological polar surface area (TPSA) is 70.4 Å². The molecule has 1 aromatic heterocycles. The SMILES string of the molecule is COC(=O)c1nn(-c2ccc(Br)cc2C(C)(C)C)c(Br)c1C(=O)OC. The van der Waals surface area contributed by atoms with Gasteiger partial charge in [-0.15, -0.1) is 0 Å². The predicted octanol–water partition coefficient (Wildman–Crippen LogP) is 4.27. The van der Waals surface area contributed by atoms with Gasteiger partial charge in [-0.25, -0.2) is 14.3 Å². The van der Waals surface area contributed by atoms with Crippen LogP contribution in [0.5, 0.6) is 0 Å². The van der Waals surface area contributed by atoms with Crippen LogP contribution in [0, 0.1) is 0 Å². The van der Waals surface area contributed by atoms with Gasteiger partial charge in [-0.05, 0) is 45.1 Å². The number of esters is 2. The van der Waals surface area contributed by atoms with Crippen molar-refractivity contribution in [3.63, 3.8) is 0 Å². The molecule has 0 unspecified atom stereocenters. The largest absolute Gasteiger partial charge is 0.465 e. The van der Waals surface area contributed by atoms with Gasteiger partial charge in [-0.1, -0.05) is 36.7 Å². The van der Waals surface area contributed by atoms with E-state index < -0.39 is 11.9 Å². The molecule has 2 rings (SSSR count). The van der Waals surface area contributed by atoms with Crippen LogP contribution >= 0.6 is 31.9 Å². The second-order valence-corrected chi connectivity index (χ2v) is 7.99. The van der Waals surface area contributed by atoms with E-state index in [1.807, 2.05) is 18.2 Å². The molecule has 0 N–H and O–H groups in total. The van der Waals surface area contributed by atoms with Crippen LogP contribution in [0.2, 0.25) is 0 Å². The van der Waals surface area contributed by atoms with Crippen LogP contribution < -0.4 is 0 Å². The molecule has 0 aliphatic carbocycles. The van der Waals surface area contributed by atoms with E-state index in [-0.39, 0.29) is 16.7 Å². The van der Waals surface area contributed by atoms with Crippen molar-refractivity contribution in [3.05, 3.63) is 44.1 Å². The Labute approximate surface area is 162 Å². The molecule has 0 atom stereocenters. The van der Waals surface area contributed by atoms with Crippen LogP contribution in [0.1, 0.15) is 47.2 Å². The van der Waals surface area contributed by atoms with Crippen LogP contribution in [0.25, 0.3) is 5.69 Å². The van der Waals surface area contributed by atoms with Gasteiger partial charge in [-0.3, -0.25) is 0 Å². The summed E-state index contributed by atoms with van der Waals surface area (Å²) in [7, 11) is 2.48. The monoisotopic (exact) mass is 472 g/mol. The zero-order chi connectivity index (χ0) is 18.9. The van der Waals surface area contributed by atoms with Crippen LogP contribution in [0.15, 0.2) is 27.3 Å². The van der Waals surface area contributed by atoms with E-state index in [2.05, 4.69) is 57.7 Å². The molecule has 0 saturated heterocycles. The van der Waals surface area contributed by atoms with Crippen LogP contribution in [-0.2, 0) is 14.9 Å². The Balaban J connectivity index is 2.80. The number of carbonyl (C=O) groups excluding carboxylic acids is 2. The van der Waals surface area contributed by atoms with Gasteiger partial charge in [0.25, 0.3) is 0 Å².